The highest BCUT2D eigenvalue weighted by Crippen LogP contribution is 2.46. The number of piperidine rings is 1. The Morgan fingerprint density at radius 3 is 2.46 bits per heavy atom. The zero-order valence-corrected chi connectivity index (χ0v) is 23.9. The Labute approximate surface area is 237 Å². The predicted octanol–water partition coefficient (Wildman–Crippen LogP) is 5.69. The number of hydrogen-bond donors (Lipinski definition) is 1. The van der Waals surface area contributed by atoms with Crippen LogP contribution in [-0.2, 0) is 27.2 Å². The first kappa shape index (κ1) is 28.2. The van der Waals surface area contributed by atoms with Gasteiger partial charge in [0.25, 0.3) is 0 Å². The molecule has 2 amide bonds. The first-order valence-corrected chi connectivity index (χ1v) is 14.4. The molecular weight excluding hydrogens is 598 g/mol. The molecule has 2 saturated heterocycles. The fourth-order valence-corrected chi connectivity index (χ4v) is 7.61. The number of hydrogen-bond acceptors (Lipinski definition) is 4. The van der Waals surface area contributed by atoms with Crippen molar-refractivity contribution in [3.8, 4) is 0 Å². The van der Waals surface area contributed by atoms with Crippen LogP contribution in [0.25, 0.3) is 0 Å². The van der Waals surface area contributed by atoms with Crippen LogP contribution >= 0.6 is 31.9 Å². The van der Waals surface area contributed by atoms with E-state index < -0.39 is 5.41 Å². The van der Waals surface area contributed by atoms with Gasteiger partial charge in [-0.1, -0.05) is 29.4 Å². The summed E-state index contributed by atoms with van der Waals surface area (Å²) in [6.45, 7) is 4.49. The van der Waals surface area contributed by atoms with Crippen LogP contribution in [0.3, 0.4) is 0 Å². The van der Waals surface area contributed by atoms with E-state index in [0.717, 1.165) is 34.6 Å². The van der Waals surface area contributed by atoms with Crippen LogP contribution in [0.1, 0.15) is 73.4 Å². The Morgan fingerprint density at radius 1 is 1.11 bits per heavy atom. The highest BCUT2D eigenvalue weighted by Gasteiger charge is 2.42. The van der Waals surface area contributed by atoms with Gasteiger partial charge in [-0.3, -0.25) is 14.6 Å². The van der Waals surface area contributed by atoms with Gasteiger partial charge in [-0.05, 0) is 102 Å². The van der Waals surface area contributed by atoms with Gasteiger partial charge >= 0.3 is 0 Å². The van der Waals surface area contributed by atoms with Gasteiger partial charge in [0, 0.05) is 53.8 Å². The minimum Gasteiger partial charge on any atom is -0.381 e. The number of nitrogens with two attached hydrogens (primary N) is 1. The SMILES string of the molecule is C.Cc1cc(Br)c2c(c1)CCc1cc(Br)cnc1[C@@H]2C1CCN(C(=O)CC2(C(N)=O)CCOCC2)CC1. The zero-order valence-electron chi connectivity index (χ0n) is 20.7. The van der Waals surface area contributed by atoms with E-state index in [1.54, 1.807) is 0 Å². The van der Waals surface area contributed by atoms with Crippen molar-refractivity contribution in [3.63, 3.8) is 0 Å². The number of likely N-dealkylation sites (tertiary alicyclic amines) is 1. The number of carbonyl (C=O) groups is 2. The van der Waals surface area contributed by atoms with Gasteiger partial charge in [0.15, 0.2) is 0 Å². The molecule has 3 heterocycles. The Morgan fingerprint density at radius 2 is 1.78 bits per heavy atom. The molecule has 1 aromatic heterocycles. The molecule has 2 N–H and O–H groups in total. The third-order valence-electron chi connectivity index (χ3n) is 8.42. The predicted molar refractivity (Wildman–Crippen MR) is 152 cm³/mol. The summed E-state index contributed by atoms with van der Waals surface area (Å²) in [4.78, 5) is 32.5. The average Bonchev–Trinajstić information content (AvgIpc) is 3.01. The van der Waals surface area contributed by atoms with Crippen molar-refractivity contribution in [1.82, 2.24) is 9.88 Å². The topological polar surface area (TPSA) is 85.5 Å². The Kier molecular flexibility index (Phi) is 8.81. The highest BCUT2D eigenvalue weighted by molar-refractivity contribution is 9.10. The van der Waals surface area contributed by atoms with E-state index in [4.69, 9.17) is 15.5 Å². The number of rotatable bonds is 4. The second-order valence-electron chi connectivity index (χ2n) is 10.6. The summed E-state index contributed by atoms with van der Waals surface area (Å²) in [5.74, 6) is 0.226. The molecule has 2 aliphatic heterocycles. The van der Waals surface area contributed by atoms with Crippen molar-refractivity contribution >= 4 is 43.7 Å². The number of primary amides is 1. The first-order chi connectivity index (χ1) is 17.3. The number of carbonyl (C=O) groups excluding carboxylic acids is 2. The summed E-state index contributed by atoms with van der Waals surface area (Å²) in [5, 5.41) is 0. The smallest absolute Gasteiger partial charge is 0.224 e. The molecule has 0 saturated carbocycles. The van der Waals surface area contributed by atoms with Crippen LogP contribution in [0.2, 0.25) is 0 Å². The summed E-state index contributed by atoms with van der Waals surface area (Å²) in [7, 11) is 0. The van der Waals surface area contributed by atoms with Crippen molar-refractivity contribution in [1.29, 1.82) is 0 Å². The summed E-state index contributed by atoms with van der Waals surface area (Å²) < 4.78 is 7.60. The number of amides is 2. The molecule has 2 aromatic rings. The molecule has 200 valence electrons. The van der Waals surface area contributed by atoms with Gasteiger partial charge in [0.1, 0.15) is 0 Å². The Bertz CT molecular complexity index is 1170. The molecule has 5 rings (SSSR count). The number of aromatic nitrogens is 1. The molecule has 6 nitrogen and oxygen atoms in total. The molecule has 37 heavy (non-hydrogen) atoms. The normalized spacial score (nSPS) is 21.3. The maximum atomic E-state index is 13.3. The lowest BCUT2D eigenvalue weighted by molar-refractivity contribution is -0.145. The molecule has 0 radical (unpaired) electrons. The number of aryl methyl sites for hydroxylation is 3. The molecule has 1 atom stereocenters. The van der Waals surface area contributed by atoms with Crippen molar-refractivity contribution in [2.75, 3.05) is 26.3 Å². The standard InChI is InChI=1S/C28H33Br2N3O3.CH4/c1-17-12-19-2-3-20-14-21(29)16-32-26(20)25(24(19)22(30)13-17)18-4-8-33(9-5-18)23(34)15-28(27(31)35)6-10-36-11-7-28;/h12-14,16,18,25H,2-11,15H2,1H3,(H2,31,35);1H4/t25-;/m1./s1. The zero-order chi connectivity index (χ0) is 25.4. The Hall–Kier alpha value is -1.77. The summed E-state index contributed by atoms with van der Waals surface area (Å²) in [5.41, 5.74) is 11.5. The molecule has 8 heteroatoms. The maximum Gasteiger partial charge on any atom is 0.224 e. The third kappa shape index (κ3) is 5.66. The van der Waals surface area contributed by atoms with Crippen LogP contribution in [0.4, 0.5) is 0 Å². The minimum absolute atomic E-state index is 0. The largest absolute Gasteiger partial charge is 0.381 e. The van der Waals surface area contributed by atoms with Crippen LogP contribution in [0.15, 0.2) is 33.3 Å². The fraction of sp³-hybridized carbons (Fsp3) is 0.552. The van der Waals surface area contributed by atoms with Gasteiger partial charge in [-0.15, -0.1) is 0 Å². The summed E-state index contributed by atoms with van der Waals surface area (Å²) >= 11 is 7.51. The number of nitrogens with zero attached hydrogens (tertiary/aromatic N) is 2. The lowest BCUT2D eigenvalue weighted by atomic mass is 9.75. The number of pyridine rings is 1. The van der Waals surface area contributed by atoms with Crippen molar-refractivity contribution < 1.29 is 14.3 Å². The lowest BCUT2D eigenvalue weighted by Crippen LogP contribution is -2.47. The van der Waals surface area contributed by atoms with Gasteiger partial charge in [0.2, 0.25) is 11.8 Å². The van der Waals surface area contributed by atoms with Crippen molar-refractivity contribution in [2.45, 2.75) is 65.2 Å². The second-order valence-corrected chi connectivity index (χ2v) is 12.4. The van der Waals surface area contributed by atoms with Crippen molar-refractivity contribution in [3.05, 3.63) is 61.3 Å². The van der Waals surface area contributed by atoms with E-state index in [1.807, 2.05) is 11.1 Å². The number of benzene rings is 1. The quantitative estimate of drug-likeness (QED) is 0.468. The van der Waals surface area contributed by atoms with Gasteiger partial charge in [-0.25, -0.2) is 0 Å². The van der Waals surface area contributed by atoms with Gasteiger partial charge < -0.3 is 15.4 Å². The van der Waals surface area contributed by atoms with E-state index in [9.17, 15) is 9.59 Å². The van der Waals surface area contributed by atoms with Crippen molar-refractivity contribution in [2.24, 2.45) is 17.1 Å². The highest BCUT2D eigenvalue weighted by atomic mass is 79.9. The fourth-order valence-electron chi connectivity index (χ4n) is 6.37. The number of ether oxygens (including phenoxy) is 1. The first-order valence-electron chi connectivity index (χ1n) is 12.9. The summed E-state index contributed by atoms with van der Waals surface area (Å²) in [6, 6.07) is 6.76. The van der Waals surface area contributed by atoms with Crippen LogP contribution < -0.4 is 5.73 Å². The third-order valence-corrected chi connectivity index (χ3v) is 9.51. The second kappa shape index (κ2) is 11.5. The molecule has 1 aliphatic carbocycles. The minimum atomic E-state index is -0.772. The molecule has 3 aliphatic rings. The lowest BCUT2D eigenvalue weighted by Gasteiger charge is -2.39. The van der Waals surface area contributed by atoms with Crippen LogP contribution in [0.5, 0.6) is 0 Å². The summed E-state index contributed by atoms with van der Waals surface area (Å²) in [6.07, 6.45) is 6.91. The van der Waals surface area contributed by atoms with Gasteiger partial charge in [0.05, 0.1) is 11.1 Å². The van der Waals surface area contributed by atoms with Gasteiger partial charge in [-0.2, -0.15) is 0 Å². The van der Waals surface area contributed by atoms with E-state index >= 15 is 0 Å². The molecule has 0 spiro atoms. The van der Waals surface area contributed by atoms with E-state index in [2.05, 4.69) is 57.0 Å². The molecule has 0 unspecified atom stereocenters. The van der Waals surface area contributed by atoms with E-state index in [-0.39, 0.29) is 31.6 Å². The van der Waals surface area contributed by atoms with E-state index in [1.165, 1.54) is 27.9 Å². The Balaban J connectivity index is 0.00000320. The number of halogens is 2. The molecule has 0 bridgehead atoms. The molecule has 1 aromatic carbocycles. The maximum absolute atomic E-state index is 13.3. The monoisotopic (exact) mass is 633 g/mol. The average molecular weight is 635 g/mol. The van der Waals surface area contributed by atoms with E-state index in [0.29, 0.717) is 45.1 Å². The molecular formula is C29H37Br2N3O3. The van der Waals surface area contributed by atoms with Crippen LogP contribution in [0, 0.1) is 18.3 Å². The molecule has 2 fully saturated rings. The van der Waals surface area contributed by atoms with Crippen LogP contribution in [-0.4, -0.2) is 48.0 Å². The number of fused-ring (bicyclic) bond motifs is 2.